The lowest BCUT2D eigenvalue weighted by Crippen LogP contribution is -2.35. The molecule has 2 unspecified atom stereocenters. The molecule has 0 bridgehead atoms. The number of aromatic nitrogens is 4. The Morgan fingerprint density at radius 1 is 1.27 bits per heavy atom. The minimum absolute atomic E-state index is 0.145. The third-order valence-electron chi connectivity index (χ3n) is 4.23. The Bertz CT molecular complexity index is 624. The van der Waals surface area contributed by atoms with E-state index in [1.165, 1.54) is 0 Å². The second-order valence-corrected chi connectivity index (χ2v) is 5.94. The van der Waals surface area contributed by atoms with Crippen LogP contribution in [-0.2, 0) is 6.54 Å². The zero-order chi connectivity index (χ0) is 15.7. The van der Waals surface area contributed by atoms with Crippen LogP contribution in [0, 0.1) is 13.8 Å². The zero-order valence-corrected chi connectivity index (χ0v) is 13.5. The molecule has 0 spiro atoms. The Hall–Kier alpha value is -1.80. The molecule has 120 valence electrons. The molecule has 8 nitrogen and oxygen atoms in total. The van der Waals surface area contributed by atoms with Crippen molar-refractivity contribution in [1.29, 1.82) is 0 Å². The van der Waals surface area contributed by atoms with Crippen molar-refractivity contribution in [3.8, 4) is 0 Å². The van der Waals surface area contributed by atoms with Crippen LogP contribution in [0.25, 0.3) is 0 Å². The van der Waals surface area contributed by atoms with E-state index >= 15 is 0 Å². The fraction of sp³-hybridized carbons (Fsp3) is 0.714. The van der Waals surface area contributed by atoms with Crippen LogP contribution in [0.15, 0.2) is 9.05 Å². The highest BCUT2D eigenvalue weighted by molar-refractivity contribution is 4.95. The normalized spacial score (nSPS) is 20.9. The molecule has 0 amide bonds. The topological polar surface area (TPSA) is 84.3 Å². The first-order valence-electron chi connectivity index (χ1n) is 7.56. The Morgan fingerprint density at radius 2 is 2.09 bits per heavy atom. The summed E-state index contributed by atoms with van der Waals surface area (Å²) in [6.07, 6.45) is 1.10. The third kappa shape index (κ3) is 3.17. The lowest BCUT2D eigenvalue weighted by atomic mass is 10.2. The second-order valence-electron chi connectivity index (χ2n) is 5.94. The van der Waals surface area contributed by atoms with E-state index in [2.05, 4.69) is 44.1 Å². The standard InChI is InChI=1S/C14H22N6O2/c1-9(14-15-10(2)17-22-14)20-6-5-12(7-20)19(4)8-13-16-11(3)21-18-13/h9,12H,5-8H2,1-4H3. The lowest BCUT2D eigenvalue weighted by molar-refractivity contribution is 0.177. The summed E-state index contributed by atoms with van der Waals surface area (Å²) in [5, 5.41) is 7.83. The Kier molecular flexibility index (Phi) is 4.21. The van der Waals surface area contributed by atoms with Crippen LogP contribution in [0.4, 0.5) is 0 Å². The van der Waals surface area contributed by atoms with Crippen LogP contribution in [0.2, 0.25) is 0 Å². The van der Waals surface area contributed by atoms with Crippen molar-refractivity contribution in [2.24, 2.45) is 0 Å². The fourth-order valence-electron chi connectivity index (χ4n) is 2.88. The summed E-state index contributed by atoms with van der Waals surface area (Å²) >= 11 is 0. The summed E-state index contributed by atoms with van der Waals surface area (Å²) in [6.45, 7) is 8.44. The van der Waals surface area contributed by atoms with Gasteiger partial charge in [0.25, 0.3) is 0 Å². The van der Waals surface area contributed by atoms with Gasteiger partial charge in [-0.2, -0.15) is 9.97 Å². The number of hydrogen-bond donors (Lipinski definition) is 0. The minimum atomic E-state index is 0.145. The largest absolute Gasteiger partial charge is 0.340 e. The molecule has 1 fully saturated rings. The van der Waals surface area contributed by atoms with Gasteiger partial charge in [0, 0.05) is 26.1 Å². The van der Waals surface area contributed by atoms with Gasteiger partial charge in [0.05, 0.1) is 12.6 Å². The molecule has 1 aliphatic heterocycles. The molecule has 0 radical (unpaired) electrons. The molecule has 22 heavy (non-hydrogen) atoms. The summed E-state index contributed by atoms with van der Waals surface area (Å²) in [7, 11) is 2.10. The molecular formula is C14H22N6O2. The molecule has 1 saturated heterocycles. The molecule has 2 aromatic rings. The molecule has 0 aliphatic carbocycles. The quantitative estimate of drug-likeness (QED) is 0.818. The van der Waals surface area contributed by atoms with Gasteiger partial charge >= 0.3 is 0 Å². The minimum Gasteiger partial charge on any atom is -0.340 e. The summed E-state index contributed by atoms with van der Waals surface area (Å²) in [5.41, 5.74) is 0. The maximum atomic E-state index is 5.28. The van der Waals surface area contributed by atoms with Gasteiger partial charge in [0.15, 0.2) is 11.6 Å². The van der Waals surface area contributed by atoms with Crippen LogP contribution in [0.1, 0.15) is 42.8 Å². The molecule has 0 aromatic carbocycles. The van der Waals surface area contributed by atoms with Crippen molar-refractivity contribution in [1.82, 2.24) is 30.1 Å². The Morgan fingerprint density at radius 3 is 2.73 bits per heavy atom. The molecule has 8 heteroatoms. The average Bonchev–Trinajstić information content (AvgIpc) is 3.19. The van der Waals surface area contributed by atoms with Gasteiger partial charge in [0.1, 0.15) is 0 Å². The first-order valence-corrected chi connectivity index (χ1v) is 7.56. The zero-order valence-electron chi connectivity index (χ0n) is 13.5. The van der Waals surface area contributed by atoms with Crippen molar-refractivity contribution in [2.45, 2.75) is 45.8 Å². The first-order chi connectivity index (χ1) is 10.5. The number of hydrogen-bond acceptors (Lipinski definition) is 8. The summed E-state index contributed by atoms with van der Waals surface area (Å²) in [4.78, 5) is 13.2. The number of likely N-dealkylation sites (tertiary alicyclic amines) is 1. The van der Waals surface area contributed by atoms with E-state index in [1.54, 1.807) is 0 Å². The van der Waals surface area contributed by atoms with E-state index in [0.717, 1.165) is 25.3 Å². The average molecular weight is 306 g/mol. The SMILES string of the molecule is Cc1noc(C(C)N2CCC(N(C)Cc3noc(C)n3)C2)n1. The monoisotopic (exact) mass is 306 g/mol. The Labute approximate surface area is 129 Å². The van der Waals surface area contributed by atoms with Gasteiger partial charge in [-0.3, -0.25) is 9.80 Å². The Balaban J connectivity index is 1.57. The van der Waals surface area contributed by atoms with Crippen molar-refractivity contribution in [2.75, 3.05) is 20.1 Å². The third-order valence-corrected chi connectivity index (χ3v) is 4.23. The van der Waals surface area contributed by atoms with Crippen molar-refractivity contribution in [3.05, 3.63) is 23.4 Å². The maximum Gasteiger partial charge on any atom is 0.243 e. The predicted octanol–water partition coefficient (Wildman–Crippen LogP) is 1.34. The van der Waals surface area contributed by atoms with Gasteiger partial charge in [-0.1, -0.05) is 10.3 Å². The first kappa shape index (κ1) is 15.1. The number of rotatable bonds is 5. The summed E-state index contributed by atoms with van der Waals surface area (Å²) < 4.78 is 10.3. The van der Waals surface area contributed by atoms with Crippen molar-refractivity contribution < 1.29 is 9.05 Å². The number of nitrogens with zero attached hydrogens (tertiary/aromatic N) is 6. The molecule has 3 heterocycles. The van der Waals surface area contributed by atoms with Crippen LogP contribution in [-0.4, -0.2) is 56.3 Å². The van der Waals surface area contributed by atoms with Crippen LogP contribution in [0.3, 0.4) is 0 Å². The molecule has 0 N–H and O–H groups in total. The van der Waals surface area contributed by atoms with Crippen molar-refractivity contribution >= 4 is 0 Å². The van der Waals surface area contributed by atoms with Crippen LogP contribution >= 0.6 is 0 Å². The lowest BCUT2D eigenvalue weighted by Gasteiger charge is -2.25. The highest BCUT2D eigenvalue weighted by Crippen LogP contribution is 2.25. The van der Waals surface area contributed by atoms with E-state index in [1.807, 2.05) is 13.8 Å². The van der Waals surface area contributed by atoms with Crippen LogP contribution < -0.4 is 0 Å². The van der Waals surface area contributed by atoms with Gasteiger partial charge in [-0.25, -0.2) is 0 Å². The van der Waals surface area contributed by atoms with Gasteiger partial charge in [-0.15, -0.1) is 0 Å². The van der Waals surface area contributed by atoms with Crippen LogP contribution in [0.5, 0.6) is 0 Å². The second kappa shape index (κ2) is 6.13. The predicted molar refractivity (Wildman–Crippen MR) is 77.9 cm³/mol. The molecule has 3 rings (SSSR count). The summed E-state index contributed by atoms with van der Waals surface area (Å²) in [5.74, 6) is 2.72. The van der Waals surface area contributed by atoms with E-state index in [0.29, 0.717) is 30.2 Å². The fourth-order valence-corrected chi connectivity index (χ4v) is 2.88. The molecular weight excluding hydrogens is 284 g/mol. The van der Waals surface area contributed by atoms with Gasteiger partial charge in [0.2, 0.25) is 11.8 Å². The molecule has 1 aliphatic rings. The number of aryl methyl sites for hydroxylation is 2. The van der Waals surface area contributed by atoms with E-state index in [-0.39, 0.29) is 6.04 Å². The molecule has 2 aromatic heterocycles. The molecule has 2 atom stereocenters. The smallest absolute Gasteiger partial charge is 0.243 e. The van der Waals surface area contributed by atoms with E-state index in [4.69, 9.17) is 9.05 Å². The molecule has 0 saturated carbocycles. The highest BCUT2D eigenvalue weighted by Gasteiger charge is 2.31. The van der Waals surface area contributed by atoms with Gasteiger partial charge < -0.3 is 9.05 Å². The van der Waals surface area contributed by atoms with Gasteiger partial charge in [-0.05, 0) is 27.3 Å². The van der Waals surface area contributed by atoms with E-state index < -0.39 is 0 Å². The number of likely N-dealkylation sites (N-methyl/N-ethyl adjacent to an activating group) is 1. The summed E-state index contributed by atoms with van der Waals surface area (Å²) in [6, 6.07) is 0.609. The highest BCUT2D eigenvalue weighted by atomic mass is 16.5. The van der Waals surface area contributed by atoms with Crippen molar-refractivity contribution in [3.63, 3.8) is 0 Å². The van der Waals surface area contributed by atoms with E-state index in [9.17, 15) is 0 Å². The maximum absolute atomic E-state index is 5.28.